The van der Waals surface area contributed by atoms with E-state index in [0.29, 0.717) is 5.56 Å². The molecular weight excluding hydrogens is 508 g/mol. The minimum Gasteiger partial charge on any atom is -0.289 e. The number of rotatable bonds is 5. The van der Waals surface area contributed by atoms with Crippen molar-refractivity contribution in [1.82, 2.24) is 0 Å². The zero-order valence-corrected chi connectivity index (χ0v) is 22.9. The molecule has 0 heterocycles. The van der Waals surface area contributed by atoms with Gasteiger partial charge in [0.15, 0.2) is 5.78 Å². The Morgan fingerprint density at radius 3 is 1.17 bits per heavy atom. The molecule has 0 N–H and O–H groups in total. The van der Waals surface area contributed by atoms with Crippen LogP contribution >= 0.6 is 0 Å². The van der Waals surface area contributed by atoms with Crippen LogP contribution in [0.15, 0.2) is 158 Å². The highest BCUT2D eigenvalue weighted by Gasteiger charge is 2.22. The monoisotopic (exact) mass is 534 g/mol. The summed E-state index contributed by atoms with van der Waals surface area (Å²) in [7, 11) is 0. The summed E-state index contributed by atoms with van der Waals surface area (Å²) < 4.78 is 0. The molecule has 0 radical (unpaired) electrons. The Labute approximate surface area is 244 Å². The summed E-state index contributed by atoms with van der Waals surface area (Å²) in [6.07, 6.45) is 0. The largest absolute Gasteiger partial charge is 0.289 e. The van der Waals surface area contributed by atoms with Crippen LogP contribution < -0.4 is 0 Å². The van der Waals surface area contributed by atoms with Gasteiger partial charge in [0.05, 0.1) is 0 Å². The van der Waals surface area contributed by atoms with Gasteiger partial charge in [0.25, 0.3) is 0 Å². The van der Waals surface area contributed by atoms with Crippen LogP contribution in [0.5, 0.6) is 0 Å². The van der Waals surface area contributed by atoms with Gasteiger partial charge in [-0.3, -0.25) is 4.79 Å². The Morgan fingerprint density at radius 1 is 0.357 bits per heavy atom. The van der Waals surface area contributed by atoms with Crippen LogP contribution in [0, 0.1) is 0 Å². The summed E-state index contributed by atoms with van der Waals surface area (Å²) in [5.41, 5.74) is 8.34. The molecule has 1 nitrogen and oxygen atoms in total. The van der Waals surface area contributed by atoms with Crippen molar-refractivity contribution < 1.29 is 4.79 Å². The van der Waals surface area contributed by atoms with Gasteiger partial charge in [0, 0.05) is 11.1 Å². The van der Waals surface area contributed by atoms with Crippen molar-refractivity contribution in [3.05, 3.63) is 169 Å². The normalized spacial score (nSPS) is 11.4. The Balaban J connectivity index is 1.56. The molecule has 0 saturated carbocycles. The summed E-state index contributed by atoms with van der Waals surface area (Å²) in [4.78, 5) is 14.2. The van der Waals surface area contributed by atoms with Gasteiger partial charge in [-0.05, 0) is 77.8 Å². The first-order chi connectivity index (χ1) is 20.8. The van der Waals surface area contributed by atoms with Crippen molar-refractivity contribution in [2.75, 3.05) is 0 Å². The molecule has 196 valence electrons. The van der Waals surface area contributed by atoms with Crippen molar-refractivity contribution in [2.45, 2.75) is 0 Å². The maximum atomic E-state index is 14.2. The molecular formula is C41H26O. The average Bonchev–Trinajstić information content (AvgIpc) is 3.08. The minimum atomic E-state index is 0.0391. The van der Waals surface area contributed by atoms with Gasteiger partial charge in [0.1, 0.15) is 0 Å². The van der Waals surface area contributed by atoms with E-state index in [9.17, 15) is 4.79 Å². The molecule has 8 rings (SSSR count). The fourth-order valence-electron chi connectivity index (χ4n) is 6.50. The fourth-order valence-corrected chi connectivity index (χ4v) is 6.50. The Morgan fingerprint density at radius 2 is 0.714 bits per heavy atom. The fraction of sp³-hybridized carbons (Fsp3) is 0. The van der Waals surface area contributed by atoms with Crippen LogP contribution in [0.1, 0.15) is 15.9 Å². The lowest BCUT2D eigenvalue weighted by atomic mass is 9.82. The van der Waals surface area contributed by atoms with E-state index >= 15 is 0 Å². The lowest BCUT2D eigenvalue weighted by Crippen LogP contribution is -2.04. The van der Waals surface area contributed by atoms with Crippen LogP contribution in [0.3, 0.4) is 0 Å². The quantitative estimate of drug-likeness (QED) is 0.159. The molecule has 0 atom stereocenters. The highest BCUT2D eigenvalue weighted by Crippen LogP contribution is 2.47. The van der Waals surface area contributed by atoms with E-state index in [1.165, 1.54) is 38.4 Å². The Kier molecular flexibility index (Phi) is 5.68. The maximum Gasteiger partial charge on any atom is 0.193 e. The molecule has 8 aromatic rings. The molecule has 0 saturated heterocycles. The van der Waals surface area contributed by atoms with E-state index in [0.717, 1.165) is 32.8 Å². The Hall–Kier alpha value is -5.53. The SMILES string of the molecule is O=C(c1ccccc1)c1cc(-c2ccccc2)c2ccc3c(-c4ccccc4)cc(-c4ccccc4)c4ccc1c2c43. The number of carbonyl (C=O) groups is 1. The van der Waals surface area contributed by atoms with E-state index in [-0.39, 0.29) is 5.78 Å². The van der Waals surface area contributed by atoms with E-state index in [1.54, 1.807) is 0 Å². The second kappa shape index (κ2) is 9.83. The zero-order chi connectivity index (χ0) is 28.0. The maximum absolute atomic E-state index is 14.2. The van der Waals surface area contributed by atoms with Gasteiger partial charge >= 0.3 is 0 Å². The van der Waals surface area contributed by atoms with Gasteiger partial charge in [-0.2, -0.15) is 0 Å². The van der Waals surface area contributed by atoms with Crippen molar-refractivity contribution in [3.63, 3.8) is 0 Å². The molecule has 8 aromatic carbocycles. The summed E-state index contributed by atoms with van der Waals surface area (Å²) in [5.74, 6) is 0.0391. The summed E-state index contributed by atoms with van der Waals surface area (Å²) in [5, 5.41) is 6.87. The van der Waals surface area contributed by atoms with Crippen molar-refractivity contribution in [2.24, 2.45) is 0 Å². The van der Waals surface area contributed by atoms with E-state index in [2.05, 4.69) is 121 Å². The molecule has 0 aromatic heterocycles. The van der Waals surface area contributed by atoms with Gasteiger partial charge in [-0.15, -0.1) is 0 Å². The Bertz CT molecular complexity index is 2160. The number of hydrogen-bond acceptors (Lipinski definition) is 1. The highest BCUT2D eigenvalue weighted by molar-refractivity contribution is 6.33. The lowest BCUT2D eigenvalue weighted by Gasteiger charge is -2.21. The van der Waals surface area contributed by atoms with Crippen LogP contribution in [-0.4, -0.2) is 5.78 Å². The average molecular weight is 535 g/mol. The summed E-state index contributed by atoms with van der Waals surface area (Å²) >= 11 is 0. The minimum absolute atomic E-state index is 0.0391. The number of ketones is 1. The standard InChI is InChI=1S/C41H26O/c42-41(30-19-11-4-12-20-30)38-26-37(29-17-9-3-10-18-29)33-22-21-31-35(27-13-5-1-6-14-27)25-36(28-15-7-2-8-16-28)32-23-24-34(38)40(33)39(31)32/h1-26H. The van der Waals surface area contributed by atoms with Crippen molar-refractivity contribution >= 4 is 38.1 Å². The van der Waals surface area contributed by atoms with Crippen LogP contribution in [0.25, 0.3) is 65.7 Å². The van der Waals surface area contributed by atoms with Crippen LogP contribution in [-0.2, 0) is 0 Å². The van der Waals surface area contributed by atoms with Gasteiger partial charge < -0.3 is 0 Å². The van der Waals surface area contributed by atoms with Gasteiger partial charge in [-0.25, -0.2) is 0 Å². The molecule has 1 heteroatoms. The summed E-state index contributed by atoms with van der Waals surface area (Å²) in [6.45, 7) is 0. The van der Waals surface area contributed by atoms with E-state index in [4.69, 9.17) is 0 Å². The lowest BCUT2D eigenvalue weighted by molar-refractivity contribution is 0.104. The first kappa shape index (κ1) is 24.3. The van der Waals surface area contributed by atoms with Crippen molar-refractivity contribution in [1.29, 1.82) is 0 Å². The summed E-state index contributed by atoms with van der Waals surface area (Å²) in [6, 6.07) is 54.6. The first-order valence-corrected chi connectivity index (χ1v) is 14.3. The number of benzene rings is 8. The second-order valence-corrected chi connectivity index (χ2v) is 10.8. The molecule has 0 bridgehead atoms. The van der Waals surface area contributed by atoms with Crippen molar-refractivity contribution in [3.8, 4) is 33.4 Å². The smallest absolute Gasteiger partial charge is 0.193 e. The molecule has 0 aliphatic carbocycles. The van der Waals surface area contributed by atoms with Crippen LogP contribution in [0.4, 0.5) is 0 Å². The predicted molar refractivity (Wildman–Crippen MR) is 176 cm³/mol. The molecule has 0 unspecified atom stereocenters. The predicted octanol–water partition coefficient (Wildman–Crippen LogP) is 10.8. The van der Waals surface area contributed by atoms with Gasteiger partial charge in [0.2, 0.25) is 0 Å². The third-order valence-electron chi connectivity index (χ3n) is 8.43. The second-order valence-electron chi connectivity index (χ2n) is 10.8. The third kappa shape index (κ3) is 3.83. The highest BCUT2D eigenvalue weighted by atomic mass is 16.1. The molecule has 42 heavy (non-hydrogen) atoms. The van der Waals surface area contributed by atoms with Crippen LogP contribution in [0.2, 0.25) is 0 Å². The molecule has 0 aliphatic heterocycles. The van der Waals surface area contributed by atoms with E-state index < -0.39 is 0 Å². The zero-order valence-electron chi connectivity index (χ0n) is 22.9. The number of carbonyl (C=O) groups excluding carboxylic acids is 1. The third-order valence-corrected chi connectivity index (χ3v) is 8.43. The molecule has 0 amide bonds. The van der Waals surface area contributed by atoms with Gasteiger partial charge in [-0.1, -0.05) is 146 Å². The van der Waals surface area contributed by atoms with E-state index in [1.807, 2.05) is 36.4 Å². The topological polar surface area (TPSA) is 17.1 Å². The molecule has 0 fully saturated rings. The number of hydrogen-bond donors (Lipinski definition) is 0. The molecule has 0 spiro atoms. The first-order valence-electron chi connectivity index (χ1n) is 14.3. The molecule has 0 aliphatic rings.